The number of hydrogen-bond acceptors (Lipinski definition) is 9. The normalized spacial score (nSPS) is 26.3. The largest absolute Gasteiger partial charge is 0.444 e. The summed E-state index contributed by atoms with van der Waals surface area (Å²) in [7, 11) is -4.31. The van der Waals surface area contributed by atoms with Crippen molar-refractivity contribution in [3.8, 4) is 0 Å². The van der Waals surface area contributed by atoms with E-state index < -0.39 is 81.0 Å². The van der Waals surface area contributed by atoms with Crippen LogP contribution in [0.4, 0.5) is 14.0 Å². The fraction of sp³-hybridized carbons (Fsp3) is 0.513. The van der Waals surface area contributed by atoms with Crippen molar-refractivity contribution in [1.82, 2.24) is 25.2 Å². The van der Waals surface area contributed by atoms with Crippen molar-refractivity contribution in [2.75, 3.05) is 6.54 Å². The Morgan fingerprint density at radius 1 is 1.02 bits per heavy atom. The van der Waals surface area contributed by atoms with Crippen molar-refractivity contribution in [1.29, 1.82) is 0 Å². The number of carbonyl (C=O) groups is 5. The van der Waals surface area contributed by atoms with Gasteiger partial charge in [-0.1, -0.05) is 54.8 Å². The number of amides is 5. The number of nitrogens with zero attached hydrogens (tertiary/aromatic N) is 2. The van der Waals surface area contributed by atoms with E-state index in [2.05, 4.69) is 15.4 Å². The first-order valence-corrected chi connectivity index (χ1v) is 20.1. The van der Waals surface area contributed by atoms with Crippen molar-refractivity contribution in [2.45, 2.75) is 120 Å². The summed E-state index contributed by atoms with van der Waals surface area (Å²) in [6.07, 6.45) is 3.95. The van der Waals surface area contributed by atoms with Crippen LogP contribution in [0.2, 0.25) is 0 Å². The third kappa shape index (κ3) is 9.11. The molecule has 2 aromatic rings. The van der Waals surface area contributed by atoms with Crippen LogP contribution in [-0.4, -0.2) is 84.0 Å². The van der Waals surface area contributed by atoms with Gasteiger partial charge in [-0.15, -0.1) is 0 Å². The van der Waals surface area contributed by atoms with E-state index in [1.54, 1.807) is 58.0 Å². The minimum Gasteiger partial charge on any atom is -0.444 e. The molecule has 0 aromatic heterocycles. The topological polar surface area (TPSA) is 181 Å². The Bertz CT molecular complexity index is 1980. The number of fused-ring (bicyclic) bond motifs is 3. The molecule has 0 unspecified atom stereocenters. The fourth-order valence-electron chi connectivity index (χ4n) is 7.33. The first-order valence-electron chi connectivity index (χ1n) is 18.6. The zero-order valence-electron chi connectivity index (χ0n) is 31.4. The number of ether oxygens (including phenoxy) is 2. The number of halogens is 1. The highest BCUT2D eigenvalue weighted by Crippen LogP contribution is 2.46. The molecule has 2 fully saturated rings. The lowest BCUT2D eigenvalue weighted by Crippen LogP contribution is -2.58. The van der Waals surface area contributed by atoms with E-state index in [-0.39, 0.29) is 43.8 Å². The molecular weight excluding hydrogens is 734 g/mol. The number of alkyl carbamates (subject to hydrolysis) is 1. The van der Waals surface area contributed by atoms with Gasteiger partial charge >= 0.3 is 12.2 Å². The van der Waals surface area contributed by atoms with Gasteiger partial charge < -0.3 is 25.0 Å². The summed E-state index contributed by atoms with van der Waals surface area (Å²) in [6.45, 7) is 6.75. The Hall–Kier alpha value is -4.99. The average Bonchev–Trinajstić information content (AvgIpc) is 3.40. The average molecular weight is 782 g/mol. The van der Waals surface area contributed by atoms with Crippen molar-refractivity contribution >= 4 is 39.9 Å². The number of rotatable bonds is 5. The predicted molar refractivity (Wildman–Crippen MR) is 197 cm³/mol. The monoisotopic (exact) mass is 781 g/mol. The number of hydrogen-bond donors (Lipinski definition) is 3. The molecule has 5 atom stereocenters. The molecule has 1 saturated heterocycles. The van der Waals surface area contributed by atoms with Gasteiger partial charge in [0.15, 0.2) is 0 Å². The van der Waals surface area contributed by atoms with Gasteiger partial charge in [0.25, 0.3) is 15.9 Å². The molecular formula is C39H48FN5O9S. The summed E-state index contributed by atoms with van der Waals surface area (Å²) < 4.78 is 54.4. The van der Waals surface area contributed by atoms with Crippen molar-refractivity contribution in [2.24, 2.45) is 5.92 Å². The van der Waals surface area contributed by atoms with Gasteiger partial charge in [0.1, 0.15) is 35.1 Å². The lowest BCUT2D eigenvalue weighted by molar-refractivity contribution is -0.141. The first kappa shape index (κ1) is 39.7. The van der Waals surface area contributed by atoms with Gasteiger partial charge in [-0.2, -0.15) is 0 Å². The molecule has 3 N–H and O–H groups in total. The van der Waals surface area contributed by atoms with Crippen LogP contribution in [0.3, 0.4) is 0 Å². The number of allylic oxidation sites excluding steroid dienone is 1. The highest BCUT2D eigenvalue weighted by molar-refractivity contribution is 7.90. The Morgan fingerprint density at radius 3 is 2.47 bits per heavy atom. The Kier molecular flexibility index (Phi) is 11.3. The van der Waals surface area contributed by atoms with Gasteiger partial charge in [-0.05, 0) is 77.1 Å². The zero-order chi connectivity index (χ0) is 39.7. The third-order valence-electron chi connectivity index (χ3n) is 10.3. The molecule has 3 aliphatic heterocycles. The Morgan fingerprint density at radius 2 is 1.76 bits per heavy atom. The summed E-state index contributed by atoms with van der Waals surface area (Å²) in [5.74, 6) is -3.27. The van der Waals surface area contributed by atoms with Crippen molar-refractivity contribution in [3.05, 3.63) is 77.1 Å². The number of carbonyl (C=O) groups excluding carboxylic acids is 5. The zero-order valence-corrected chi connectivity index (χ0v) is 32.2. The van der Waals surface area contributed by atoms with Crippen LogP contribution in [0.15, 0.2) is 59.5 Å². The maximum absolute atomic E-state index is 14.5. The second kappa shape index (κ2) is 15.6. The highest BCUT2D eigenvalue weighted by atomic mass is 32.2. The lowest BCUT2D eigenvalue weighted by Gasteiger charge is -2.30. The minimum absolute atomic E-state index is 0.0139. The van der Waals surface area contributed by atoms with E-state index in [0.29, 0.717) is 30.4 Å². The highest BCUT2D eigenvalue weighted by Gasteiger charge is 2.61. The molecule has 2 aromatic carbocycles. The van der Waals surface area contributed by atoms with Gasteiger partial charge in [0.05, 0.1) is 18.0 Å². The lowest BCUT2D eigenvalue weighted by atomic mass is 10.0. The van der Waals surface area contributed by atoms with Crippen LogP contribution in [0.5, 0.6) is 0 Å². The molecule has 14 nitrogen and oxygen atoms in total. The van der Waals surface area contributed by atoms with E-state index in [4.69, 9.17) is 9.47 Å². The van der Waals surface area contributed by atoms with E-state index in [1.807, 2.05) is 6.08 Å². The first-order chi connectivity index (χ1) is 26.0. The van der Waals surface area contributed by atoms with Gasteiger partial charge in [0, 0.05) is 24.4 Å². The van der Waals surface area contributed by atoms with Crippen molar-refractivity contribution in [3.63, 3.8) is 0 Å². The minimum atomic E-state index is -4.31. The molecule has 16 heteroatoms. The molecule has 296 valence electrons. The number of sulfonamides is 1. The number of benzene rings is 2. The van der Waals surface area contributed by atoms with E-state index >= 15 is 0 Å². The van der Waals surface area contributed by atoms with E-state index in [9.17, 15) is 36.8 Å². The van der Waals surface area contributed by atoms with Crippen LogP contribution >= 0.6 is 0 Å². The quantitative estimate of drug-likeness (QED) is 0.372. The standard InChI is InChI=1S/C39H48FN5O9S/c1-24-15-17-28(18-16-24)55(51,52)43-35(48)39-20-26(39)12-8-6-5-7-9-14-31(41-36(49)54-38(2,3)4)34(47)45-22-27(19-32(45)33(46)42-39)53-37(50)44-21-25-11-10-13-30(40)29(25)23-44/h8,10-13,15-18,26-27,31-32H,5-7,9,14,19-23H2,1-4H3,(H,41,49)(H,42,46)(H,43,48)/b12-8-/t26-,27-,31+,32+,39-/m1/s1. The Balaban J connectivity index is 1.26. The number of aryl methyl sites for hydroxylation is 1. The number of nitrogens with one attached hydrogen (secondary N) is 3. The molecule has 0 bridgehead atoms. The van der Waals surface area contributed by atoms with Crippen molar-refractivity contribution < 1.29 is 46.3 Å². The maximum Gasteiger partial charge on any atom is 0.410 e. The van der Waals surface area contributed by atoms with Crippen LogP contribution < -0.4 is 15.4 Å². The van der Waals surface area contributed by atoms with E-state index in [0.717, 1.165) is 12.0 Å². The van der Waals surface area contributed by atoms with E-state index in [1.165, 1.54) is 28.0 Å². The van der Waals surface area contributed by atoms with Gasteiger partial charge in [-0.3, -0.25) is 19.3 Å². The summed E-state index contributed by atoms with van der Waals surface area (Å²) in [5, 5.41) is 5.45. The SMILES string of the molecule is Cc1ccc(S(=O)(=O)NC(=O)[C@@]23C[C@H]2/C=C\CCCCC[C@H](NC(=O)OC(C)(C)C)C(=O)N2C[C@H](OC(=O)N4Cc5cccc(F)c5C4)C[C@H]2C(=O)N3)cc1. The fourth-order valence-corrected chi connectivity index (χ4v) is 8.37. The second-order valence-corrected chi connectivity index (χ2v) is 17.4. The maximum atomic E-state index is 14.5. The van der Waals surface area contributed by atoms with Crippen LogP contribution in [0.1, 0.15) is 82.4 Å². The summed E-state index contributed by atoms with van der Waals surface area (Å²) in [6, 6.07) is 8.19. The van der Waals surface area contributed by atoms with Gasteiger partial charge in [-0.25, -0.2) is 27.1 Å². The predicted octanol–water partition coefficient (Wildman–Crippen LogP) is 4.35. The molecule has 3 heterocycles. The molecule has 4 aliphatic rings. The molecule has 1 saturated carbocycles. The molecule has 0 radical (unpaired) electrons. The third-order valence-corrected chi connectivity index (χ3v) is 11.7. The van der Waals surface area contributed by atoms with Crippen LogP contribution in [0, 0.1) is 18.7 Å². The molecule has 55 heavy (non-hydrogen) atoms. The van der Waals surface area contributed by atoms with Crippen LogP contribution in [-0.2, 0) is 47.0 Å². The summed E-state index contributed by atoms with van der Waals surface area (Å²) >= 11 is 0. The summed E-state index contributed by atoms with van der Waals surface area (Å²) in [4.78, 5) is 71.4. The molecule has 1 aliphatic carbocycles. The molecule has 0 spiro atoms. The summed E-state index contributed by atoms with van der Waals surface area (Å²) in [5.41, 5.74) is -0.648. The van der Waals surface area contributed by atoms with Crippen LogP contribution in [0.25, 0.3) is 0 Å². The Labute approximate surface area is 320 Å². The smallest absolute Gasteiger partial charge is 0.410 e. The van der Waals surface area contributed by atoms with Gasteiger partial charge in [0.2, 0.25) is 11.8 Å². The second-order valence-electron chi connectivity index (χ2n) is 15.8. The molecule has 5 amide bonds. The molecule has 6 rings (SSSR count).